The van der Waals surface area contributed by atoms with Gasteiger partial charge >= 0.3 is 6.36 Å². The zero-order valence-corrected chi connectivity index (χ0v) is 10.6. The number of amides is 1. The number of hydrogen-bond donors (Lipinski definition) is 1. The van der Waals surface area contributed by atoms with Crippen molar-refractivity contribution in [2.24, 2.45) is 5.92 Å². The van der Waals surface area contributed by atoms with Gasteiger partial charge < -0.3 is 14.7 Å². The first-order chi connectivity index (χ1) is 9.37. The zero-order chi connectivity index (χ0) is 14.8. The van der Waals surface area contributed by atoms with E-state index < -0.39 is 6.36 Å². The number of hydrogen-bond acceptors (Lipinski definition) is 3. The number of aliphatic hydroxyl groups excluding tert-OH is 1. The first kappa shape index (κ1) is 14.6. The molecule has 1 aromatic carbocycles. The number of halogens is 3. The minimum absolute atomic E-state index is 0.0411. The third-order valence-corrected chi connectivity index (χ3v) is 3.08. The average Bonchev–Trinajstić information content (AvgIpc) is 2.71. The number of carbonyl (C=O) groups excluding carboxylic acids is 1. The second-order valence-corrected chi connectivity index (χ2v) is 4.72. The maximum absolute atomic E-state index is 12.0. The molecule has 1 atom stereocenters. The Bertz CT molecular complexity index is 473. The number of rotatable bonds is 4. The third kappa shape index (κ3) is 3.86. The van der Waals surface area contributed by atoms with Gasteiger partial charge in [0.25, 0.3) is 0 Å². The summed E-state index contributed by atoms with van der Waals surface area (Å²) >= 11 is 0. The summed E-state index contributed by atoms with van der Waals surface area (Å²) in [4.78, 5) is 13.2. The number of carbonyl (C=O) groups is 1. The molecule has 1 amide bonds. The monoisotopic (exact) mass is 289 g/mol. The molecule has 1 aromatic rings. The van der Waals surface area contributed by atoms with Crippen molar-refractivity contribution in [3.8, 4) is 5.75 Å². The van der Waals surface area contributed by atoms with Crippen LogP contribution in [0.3, 0.4) is 0 Å². The van der Waals surface area contributed by atoms with E-state index in [2.05, 4.69) is 4.74 Å². The van der Waals surface area contributed by atoms with E-state index in [-0.39, 0.29) is 24.2 Å². The summed E-state index contributed by atoms with van der Waals surface area (Å²) in [5.41, 5.74) is 0.714. The second-order valence-electron chi connectivity index (χ2n) is 4.72. The molecule has 0 saturated carbocycles. The van der Waals surface area contributed by atoms with Crippen molar-refractivity contribution in [3.05, 3.63) is 29.8 Å². The van der Waals surface area contributed by atoms with Crippen molar-refractivity contribution in [1.29, 1.82) is 0 Å². The van der Waals surface area contributed by atoms with E-state index in [0.29, 0.717) is 25.1 Å². The number of likely N-dealkylation sites (tertiary alicyclic amines) is 1. The third-order valence-electron chi connectivity index (χ3n) is 3.08. The molecule has 1 aliphatic rings. The average molecular weight is 289 g/mol. The largest absolute Gasteiger partial charge is 0.573 e. The molecular formula is C13H14F3NO3. The van der Waals surface area contributed by atoms with Crippen LogP contribution in [0.25, 0.3) is 0 Å². The van der Waals surface area contributed by atoms with E-state index in [1.165, 1.54) is 24.3 Å². The molecular weight excluding hydrogens is 275 g/mol. The van der Waals surface area contributed by atoms with Gasteiger partial charge in [0.05, 0.1) is 0 Å². The highest BCUT2D eigenvalue weighted by atomic mass is 19.4. The molecule has 0 aliphatic carbocycles. The highest BCUT2D eigenvalue weighted by molar-refractivity contribution is 5.78. The minimum Gasteiger partial charge on any atom is -0.406 e. The lowest BCUT2D eigenvalue weighted by Gasteiger charge is -2.16. The highest BCUT2D eigenvalue weighted by Crippen LogP contribution is 2.24. The predicted molar refractivity (Wildman–Crippen MR) is 63.7 cm³/mol. The Kier molecular flexibility index (Phi) is 4.17. The summed E-state index contributed by atoms with van der Waals surface area (Å²) in [5.74, 6) is -0.405. The van der Waals surface area contributed by atoms with Crippen LogP contribution in [-0.2, 0) is 11.3 Å². The van der Waals surface area contributed by atoms with Gasteiger partial charge in [-0.1, -0.05) is 12.1 Å². The van der Waals surface area contributed by atoms with E-state index in [0.717, 1.165) is 0 Å². The lowest BCUT2D eigenvalue weighted by molar-refractivity contribution is -0.274. The first-order valence-electron chi connectivity index (χ1n) is 6.10. The fourth-order valence-electron chi connectivity index (χ4n) is 2.15. The molecule has 1 heterocycles. The summed E-state index contributed by atoms with van der Waals surface area (Å²) < 4.78 is 39.8. The van der Waals surface area contributed by atoms with Crippen molar-refractivity contribution < 1.29 is 27.8 Å². The molecule has 110 valence electrons. The smallest absolute Gasteiger partial charge is 0.406 e. The first-order valence-corrected chi connectivity index (χ1v) is 6.10. The normalized spacial score (nSPS) is 19.5. The molecule has 0 spiro atoms. The Hall–Kier alpha value is -1.76. The lowest BCUT2D eigenvalue weighted by atomic mass is 10.1. The molecule has 0 aromatic heterocycles. The molecule has 20 heavy (non-hydrogen) atoms. The molecule has 4 nitrogen and oxygen atoms in total. The second kappa shape index (κ2) is 5.70. The van der Waals surface area contributed by atoms with Gasteiger partial charge in [-0.05, 0) is 17.7 Å². The van der Waals surface area contributed by atoms with E-state index in [9.17, 15) is 18.0 Å². The number of ether oxygens (including phenoxy) is 1. The Morgan fingerprint density at radius 2 is 1.95 bits per heavy atom. The van der Waals surface area contributed by atoms with Crippen LogP contribution in [0.5, 0.6) is 5.75 Å². The van der Waals surface area contributed by atoms with Crippen LogP contribution in [0, 0.1) is 5.92 Å². The number of aliphatic hydroxyl groups is 1. The molecule has 0 bridgehead atoms. The van der Waals surface area contributed by atoms with E-state index in [4.69, 9.17) is 5.11 Å². The molecule has 1 fully saturated rings. The van der Waals surface area contributed by atoms with Gasteiger partial charge in [-0.25, -0.2) is 0 Å². The minimum atomic E-state index is -4.71. The van der Waals surface area contributed by atoms with E-state index >= 15 is 0 Å². The van der Waals surface area contributed by atoms with Gasteiger partial charge in [0.2, 0.25) is 5.91 Å². The van der Waals surface area contributed by atoms with Crippen LogP contribution in [-0.4, -0.2) is 35.4 Å². The van der Waals surface area contributed by atoms with Crippen molar-refractivity contribution in [2.75, 3.05) is 13.2 Å². The topological polar surface area (TPSA) is 49.8 Å². The summed E-state index contributed by atoms with van der Waals surface area (Å²) in [6.07, 6.45) is -4.40. The highest BCUT2D eigenvalue weighted by Gasteiger charge is 2.31. The molecule has 1 aliphatic heterocycles. The molecule has 0 radical (unpaired) electrons. The Balaban J connectivity index is 1.96. The number of alkyl halides is 3. The van der Waals surface area contributed by atoms with E-state index in [1.54, 1.807) is 4.90 Å². The van der Waals surface area contributed by atoms with Gasteiger partial charge in [-0.2, -0.15) is 0 Å². The fraction of sp³-hybridized carbons (Fsp3) is 0.462. The lowest BCUT2D eigenvalue weighted by Crippen LogP contribution is -2.25. The van der Waals surface area contributed by atoms with Crippen LogP contribution < -0.4 is 4.74 Å². The van der Waals surface area contributed by atoms with Crippen molar-refractivity contribution in [3.63, 3.8) is 0 Å². The van der Waals surface area contributed by atoms with Crippen LogP contribution in [0.2, 0.25) is 0 Å². The van der Waals surface area contributed by atoms with Crippen LogP contribution in [0.1, 0.15) is 12.0 Å². The maximum atomic E-state index is 12.0. The number of nitrogens with zero attached hydrogens (tertiary/aromatic N) is 1. The molecule has 1 unspecified atom stereocenters. The summed E-state index contributed by atoms with van der Waals surface area (Å²) in [6.45, 7) is 0.748. The predicted octanol–water partition coefficient (Wildman–Crippen LogP) is 1.93. The summed E-state index contributed by atoms with van der Waals surface area (Å²) in [7, 11) is 0. The van der Waals surface area contributed by atoms with Gasteiger partial charge in [0.1, 0.15) is 5.75 Å². The van der Waals surface area contributed by atoms with Gasteiger partial charge in [-0.3, -0.25) is 4.79 Å². The van der Waals surface area contributed by atoms with Crippen LogP contribution in [0.4, 0.5) is 13.2 Å². The molecule has 1 saturated heterocycles. The van der Waals surface area contributed by atoms with E-state index in [1.807, 2.05) is 0 Å². The van der Waals surface area contributed by atoms with Gasteiger partial charge in [0, 0.05) is 32.0 Å². The molecule has 7 heteroatoms. The Labute approximate surface area is 113 Å². The molecule has 2 rings (SSSR count). The van der Waals surface area contributed by atoms with Gasteiger partial charge in [-0.15, -0.1) is 13.2 Å². The quantitative estimate of drug-likeness (QED) is 0.921. The maximum Gasteiger partial charge on any atom is 0.573 e. The van der Waals surface area contributed by atoms with Crippen LogP contribution >= 0.6 is 0 Å². The SMILES string of the molecule is O=C1CC(CO)CN1Cc1ccc(OC(F)(F)F)cc1. The Morgan fingerprint density at radius 3 is 2.45 bits per heavy atom. The van der Waals surface area contributed by atoms with Crippen molar-refractivity contribution in [2.45, 2.75) is 19.3 Å². The van der Waals surface area contributed by atoms with Crippen LogP contribution in [0.15, 0.2) is 24.3 Å². The molecule has 1 N–H and O–H groups in total. The van der Waals surface area contributed by atoms with Crippen molar-refractivity contribution >= 4 is 5.91 Å². The van der Waals surface area contributed by atoms with Crippen molar-refractivity contribution in [1.82, 2.24) is 4.90 Å². The standard InChI is InChI=1S/C13H14F3NO3/c14-13(15,16)20-11-3-1-9(2-4-11)6-17-7-10(8-18)5-12(17)19/h1-4,10,18H,5-8H2. The number of benzene rings is 1. The van der Waals surface area contributed by atoms with Gasteiger partial charge in [0.15, 0.2) is 0 Å². The summed E-state index contributed by atoms with van der Waals surface area (Å²) in [5, 5.41) is 9.01. The summed E-state index contributed by atoms with van der Waals surface area (Å²) in [6, 6.07) is 5.40. The Morgan fingerprint density at radius 1 is 1.30 bits per heavy atom. The fourth-order valence-corrected chi connectivity index (χ4v) is 2.15. The zero-order valence-electron chi connectivity index (χ0n) is 10.6.